The largest absolute Gasteiger partial charge is 0.493 e. The Kier molecular flexibility index (Phi) is 7.49. The van der Waals surface area contributed by atoms with Gasteiger partial charge in [-0.3, -0.25) is 14.5 Å². The summed E-state index contributed by atoms with van der Waals surface area (Å²) in [6.45, 7) is 10.6. The minimum absolute atomic E-state index is 0.0569. The molecular formula is C31H34N2O5S. The predicted octanol–water partition coefficient (Wildman–Crippen LogP) is 7.20. The number of benzene rings is 2. The van der Waals surface area contributed by atoms with E-state index in [1.54, 1.807) is 12.0 Å². The Labute approximate surface area is 232 Å². The normalized spacial score (nSPS) is 14.8. The lowest BCUT2D eigenvalue weighted by Gasteiger charge is -2.23. The molecule has 0 saturated heterocycles. The summed E-state index contributed by atoms with van der Waals surface area (Å²) >= 11 is 1.42. The molecule has 1 aliphatic heterocycles. The number of rotatable bonds is 9. The number of anilines is 1. The van der Waals surface area contributed by atoms with Crippen molar-refractivity contribution in [2.45, 2.75) is 66.3 Å². The molecule has 0 radical (unpaired) electrons. The number of aromatic nitrogens is 1. The van der Waals surface area contributed by atoms with Crippen LogP contribution in [0.3, 0.4) is 0 Å². The zero-order valence-electron chi connectivity index (χ0n) is 23.3. The topological polar surface area (TPSA) is 81.9 Å². The molecule has 39 heavy (non-hydrogen) atoms. The zero-order valence-corrected chi connectivity index (χ0v) is 24.2. The average molecular weight is 547 g/mol. The highest BCUT2D eigenvalue weighted by Gasteiger charge is 2.45. The van der Waals surface area contributed by atoms with Crippen LogP contribution in [0.2, 0.25) is 0 Å². The Morgan fingerprint density at radius 3 is 2.46 bits per heavy atom. The molecule has 0 spiro atoms. The van der Waals surface area contributed by atoms with Crippen LogP contribution in [0.1, 0.15) is 82.0 Å². The summed E-state index contributed by atoms with van der Waals surface area (Å²) in [5.74, 6) is 0.857. The Hall–Kier alpha value is -3.65. The summed E-state index contributed by atoms with van der Waals surface area (Å²) in [5.41, 5.74) is 4.06. The van der Waals surface area contributed by atoms with Crippen LogP contribution in [0.5, 0.6) is 11.5 Å². The predicted molar refractivity (Wildman–Crippen MR) is 155 cm³/mol. The van der Waals surface area contributed by atoms with Gasteiger partial charge < -0.3 is 13.9 Å². The molecule has 7 nitrogen and oxygen atoms in total. The molecule has 0 bridgehead atoms. The van der Waals surface area contributed by atoms with Gasteiger partial charge in [0.05, 0.1) is 36.4 Å². The maximum Gasteiger partial charge on any atom is 0.297 e. The van der Waals surface area contributed by atoms with Crippen molar-refractivity contribution in [1.29, 1.82) is 0 Å². The van der Waals surface area contributed by atoms with E-state index in [1.165, 1.54) is 17.8 Å². The van der Waals surface area contributed by atoms with Crippen LogP contribution in [0, 0.1) is 27.7 Å². The molecule has 2 aromatic heterocycles. The number of carbonyl (C=O) groups excluding carboxylic acids is 1. The molecule has 3 heterocycles. The van der Waals surface area contributed by atoms with E-state index in [2.05, 4.69) is 11.9 Å². The molecule has 1 atom stereocenters. The van der Waals surface area contributed by atoms with E-state index in [0.29, 0.717) is 39.8 Å². The van der Waals surface area contributed by atoms with Gasteiger partial charge in [-0.1, -0.05) is 32.3 Å². The summed E-state index contributed by atoms with van der Waals surface area (Å²) in [6.07, 6.45) is 4.42. The third-order valence-electron chi connectivity index (χ3n) is 7.47. The van der Waals surface area contributed by atoms with Gasteiger partial charge in [0.15, 0.2) is 22.1 Å². The van der Waals surface area contributed by atoms with Crippen LogP contribution in [0.25, 0.3) is 11.0 Å². The number of aryl methyl sites for hydroxylation is 4. The number of fused-ring (bicyclic) bond motifs is 2. The van der Waals surface area contributed by atoms with Gasteiger partial charge in [-0.05, 0) is 75.1 Å². The minimum atomic E-state index is -0.716. The summed E-state index contributed by atoms with van der Waals surface area (Å²) in [4.78, 5) is 35.2. The van der Waals surface area contributed by atoms with Gasteiger partial charge in [-0.15, -0.1) is 11.3 Å². The first-order chi connectivity index (χ1) is 18.7. The van der Waals surface area contributed by atoms with E-state index >= 15 is 0 Å². The lowest BCUT2D eigenvalue weighted by atomic mass is 9.97. The molecule has 1 amide bonds. The number of ether oxygens (including phenoxy) is 2. The Morgan fingerprint density at radius 2 is 1.77 bits per heavy atom. The van der Waals surface area contributed by atoms with Crippen molar-refractivity contribution in [2.75, 3.05) is 18.6 Å². The van der Waals surface area contributed by atoms with Gasteiger partial charge in [0.2, 0.25) is 5.76 Å². The van der Waals surface area contributed by atoms with Crippen molar-refractivity contribution >= 4 is 33.3 Å². The van der Waals surface area contributed by atoms with Crippen molar-refractivity contribution in [3.05, 3.63) is 79.1 Å². The maximum absolute atomic E-state index is 14.0. The maximum atomic E-state index is 14.0. The molecule has 0 N–H and O–H groups in total. The first-order valence-corrected chi connectivity index (χ1v) is 14.2. The molecule has 1 aliphatic rings. The van der Waals surface area contributed by atoms with Gasteiger partial charge in [0.25, 0.3) is 5.91 Å². The highest BCUT2D eigenvalue weighted by Crippen LogP contribution is 2.44. The van der Waals surface area contributed by atoms with Gasteiger partial charge >= 0.3 is 0 Å². The molecule has 1 unspecified atom stereocenters. The zero-order chi connectivity index (χ0) is 27.8. The van der Waals surface area contributed by atoms with Crippen LogP contribution in [0.15, 0.2) is 39.5 Å². The third kappa shape index (κ3) is 4.82. The number of unbranched alkanes of at least 4 members (excludes halogenated alkanes) is 3. The molecule has 0 fully saturated rings. The molecule has 0 aliphatic carbocycles. The van der Waals surface area contributed by atoms with Crippen LogP contribution in [-0.4, -0.2) is 24.6 Å². The summed E-state index contributed by atoms with van der Waals surface area (Å²) in [7, 11) is 1.59. The molecule has 4 aromatic rings. The van der Waals surface area contributed by atoms with Crippen LogP contribution in [0.4, 0.5) is 5.13 Å². The van der Waals surface area contributed by atoms with Crippen molar-refractivity contribution in [2.24, 2.45) is 0 Å². The number of methoxy groups -OCH3 is 1. The lowest BCUT2D eigenvalue weighted by molar-refractivity contribution is 0.0971. The van der Waals surface area contributed by atoms with E-state index in [0.717, 1.165) is 46.5 Å². The molecule has 8 heteroatoms. The fraction of sp³-hybridized carbons (Fsp3) is 0.387. The number of amides is 1. The van der Waals surface area contributed by atoms with Crippen molar-refractivity contribution in [1.82, 2.24) is 4.98 Å². The van der Waals surface area contributed by atoms with Crippen LogP contribution in [-0.2, 0) is 0 Å². The van der Waals surface area contributed by atoms with Gasteiger partial charge in [-0.2, -0.15) is 0 Å². The van der Waals surface area contributed by atoms with Crippen molar-refractivity contribution in [3.63, 3.8) is 0 Å². The van der Waals surface area contributed by atoms with E-state index in [9.17, 15) is 9.59 Å². The monoisotopic (exact) mass is 546 g/mol. The molecule has 2 aromatic carbocycles. The van der Waals surface area contributed by atoms with Crippen LogP contribution < -0.4 is 19.8 Å². The second-order valence-corrected chi connectivity index (χ2v) is 11.3. The quantitative estimate of drug-likeness (QED) is 0.207. The van der Waals surface area contributed by atoms with E-state index in [-0.39, 0.29) is 17.1 Å². The Balaban J connectivity index is 1.65. The highest BCUT2D eigenvalue weighted by molar-refractivity contribution is 7.15. The van der Waals surface area contributed by atoms with Gasteiger partial charge in [-0.25, -0.2) is 4.98 Å². The minimum Gasteiger partial charge on any atom is -0.493 e. The SMILES string of the molecule is CCCCCCOc1ccc(C2c3c(oc4cc(C)c(C)cc4c3=O)C(=O)N2c2nc(C)c(C)s2)cc1OC. The fourth-order valence-electron chi connectivity index (χ4n) is 4.98. The first-order valence-electron chi connectivity index (χ1n) is 13.4. The lowest BCUT2D eigenvalue weighted by Crippen LogP contribution is -2.29. The summed E-state index contributed by atoms with van der Waals surface area (Å²) < 4.78 is 17.9. The molecule has 204 valence electrons. The van der Waals surface area contributed by atoms with Gasteiger partial charge in [0, 0.05) is 4.88 Å². The average Bonchev–Trinajstić information content (AvgIpc) is 3.40. The van der Waals surface area contributed by atoms with E-state index in [4.69, 9.17) is 13.9 Å². The summed E-state index contributed by atoms with van der Waals surface area (Å²) in [6, 6.07) is 8.54. The van der Waals surface area contributed by atoms with Crippen molar-refractivity contribution < 1.29 is 18.7 Å². The number of thiazole rings is 1. The fourth-order valence-corrected chi connectivity index (χ4v) is 5.92. The molecular weight excluding hydrogens is 512 g/mol. The van der Waals surface area contributed by atoms with E-state index in [1.807, 2.05) is 58.0 Å². The molecule has 5 rings (SSSR count). The number of carbonyl (C=O) groups is 1. The van der Waals surface area contributed by atoms with Crippen molar-refractivity contribution in [3.8, 4) is 11.5 Å². The number of hydrogen-bond acceptors (Lipinski definition) is 7. The van der Waals surface area contributed by atoms with Gasteiger partial charge in [0.1, 0.15) is 5.58 Å². The molecule has 0 saturated carbocycles. The summed E-state index contributed by atoms with van der Waals surface area (Å²) in [5, 5.41) is 0.986. The Morgan fingerprint density at radius 1 is 1.00 bits per heavy atom. The number of nitrogens with zero attached hydrogens (tertiary/aromatic N) is 2. The third-order valence-corrected chi connectivity index (χ3v) is 8.54. The van der Waals surface area contributed by atoms with Crippen LogP contribution >= 0.6 is 11.3 Å². The second-order valence-electron chi connectivity index (χ2n) is 10.1. The first kappa shape index (κ1) is 26.9. The Bertz CT molecular complexity index is 1600. The van der Waals surface area contributed by atoms with E-state index < -0.39 is 6.04 Å². The standard InChI is InChI=1S/C31H34N2O5S/c1-7-8-9-10-13-37-23-12-11-21(16-25(23)36-6)27-26-28(34)22-14-17(2)18(3)15-24(22)38-29(26)30(35)33(27)31-32-19(4)20(5)39-31/h11-12,14-16,27H,7-10,13H2,1-6H3. The number of hydrogen-bond donors (Lipinski definition) is 0. The second kappa shape index (κ2) is 10.8. The smallest absolute Gasteiger partial charge is 0.297 e. The highest BCUT2D eigenvalue weighted by atomic mass is 32.1.